The van der Waals surface area contributed by atoms with E-state index in [4.69, 9.17) is 11.6 Å². The Kier molecular flexibility index (Phi) is 5.51. The molecule has 5 nitrogen and oxygen atoms in total. The molecule has 0 aliphatic heterocycles. The van der Waals surface area contributed by atoms with Crippen LogP contribution in [0.1, 0.15) is 29.4 Å². The van der Waals surface area contributed by atoms with Crippen molar-refractivity contribution < 1.29 is 4.79 Å². The molecule has 0 unspecified atom stereocenters. The molecule has 2 heterocycles. The number of aromatic nitrogens is 2. The Bertz CT molecular complexity index is 604. The summed E-state index contributed by atoms with van der Waals surface area (Å²) in [4.78, 5) is 20.4. The highest BCUT2D eigenvalue weighted by Crippen LogP contribution is 2.14. The lowest BCUT2D eigenvalue weighted by Crippen LogP contribution is -2.23. The summed E-state index contributed by atoms with van der Waals surface area (Å²) in [5, 5.41) is 6.22. The molecule has 0 radical (unpaired) electrons. The largest absolute Gasteiger partial charge is 0.370 e. The lowest BCUT2D eigenvalue weighted by atomic mass is 10.2. The highest BCUT2D eigenvalue weighted by molar-refractivity contribution is 6.29. The minimum absolute atomic E-state index is 0.204. The number of anilines is 1. The molecule has 0 saturated carbocycles. The van der Waals surface area contributed by atoms with Crippen LogP contribution in [-0.2, 0) is 6.54 Å². The van der Waals surface area contributed by atoms with Gasteiger partial charge in [-0.2, -0.15) is 0 Å². The molecular weight excluding hydrogens is 288 g/mol. The van der Waals surface area contributed by atoms with Crippen LogP contribution in [0.3, 0.4) is 0 Å². The fourth-order valence-electron chi connectivity index (χ4n) is 1.75. The number of carbonyl (C=O) groups is 1. The summed E-state index contributed by atoms with van der Waals surface area (Å²) >= 11 is 5.95. The summed E-state index contributed by atoms with van der Waals surface area (Å²) in [7, 11) is 0. The van der Waals surface area contributed by atoms with Gasteiger partial charge in [0.25, 0.3) is 5.91 Å². The molecule has 0 atom stereocenters. The minimum atomic E-state index is -0.204. The fraction of sp³-hybridized carbons (Fsp3) is 0.267. The van der Waals surface area contributed by atoms with Crippen LogP contribution in [0.2, 0.25) is 5.15 Å². The van der Waals surface area contributed by atoms with Crippen LogP contribution >= 0.6 is 11.6 Å². The first-order valence-corrected chi connectivity index (χ1v) is 7.16. The van der Waals surface area contributed by atoms with Crippen molar-refractivity contribution in [3.05, 3.63) is 52.9 Å². The molecule has 1 amide bonds. The molecule has 0 bridgehead atoms. The molecule has 2 aromatic rings. The molecule has 2 N–H and O–H groups in total. The van der Waals surface area contributed by atoms with Crippen LogP contribution in [0, 0.1) is 0 Å². The predicted octanol–water partition coefficient (Wildman–Crippen LogP) is 2.88. The smallest absolute Gasteiger partial charge is 0.251 e. The number of nitrogens with zero attached hydrogens (tertiary/aromatic N) is 2. The standard InChI is InChI=1S/C15H17ClN4O/c1-2-6-18-14-9-11(8-13(16)20-14)15(21)19-10-12-5-3-4-7-17-12/h3-5,7-9H,2,6,10H2,1H3,(H,18,20)(H,19,21). The zero-order valence-corrected chi connectivity index (χ0v) is 12.5. The Balaban J connectivity index is 2.03. The SMILES string of the molecule is CCCNc1cc(C(=O)NCc2ccccn2)cc(Cl)n1. The third-order valence-corrected chi connectivity index (χ3v) is 2.96. The monoisotopic (exact) mass is 304 g/mol. The molecule has 2 aromatic heterocycles. The van der Waals surface area contributed by atoms with E-state index in [1.807, 2.05) is 18.2 Å². The van der Waals surface area contributed by atoms with Gasteiger partial charge in [-0.3, -0.25) is 9.78 Å². The third kappa shape index (κ3) is 4.72. The highest BCUT2D eigenvalue weighted by Gasteiger charge is 2.09. The van der Waals surface area contributed by atoms with Crippen molar-refractivity contribution >= 4 is 23.3 Å². The molecule has 2 rings (SSSR count). The first-order valence-electron chi connectivity index (χ1n) is 6.78. The van der Waals surface area contributed by atoms with Crippen LogP contribution in [0.25, 0.3) is 0 Å². The van der Waals surface area contributed by atoms with Crippen molar-refractivity contribution in [3.63, 3.8) is 0 Å². The van der Waals surface area contributed by atoms with Crippen molar-refractivity contribution in [2.75, 3.05) is 11.9 Å². The highest BCUT2D eigenvalue weighted by atomic mass is 35.5. The average molecular weight is 305 g/mol. The van der Waals surface area contributed by atoms with E-state index in [-0.39, 0.29) is 5.91 Å². The summed E-state index contributed by atoms with van der Waals surface area (Å²) in [6, 6.07) is 8.81. The zero-order valence-electron chi connectivity index (χ0n) is 11.8. The Morgan fingerprint density at radius 1 is 1.33 bits per heavy atom. The number of rotatable bonds is 6. The van der Waals surface area contributed by atoms with E-state index in [1.54, 1.807) is 18.3 Å². The van der Waals surface area contributed by atoms with Crippen LogP contribution in [0.15, 0.2) is 36.5 Å². The Labute approximate surface area is 128 Å². The maximum Gasteiger partial charge on any atom is 0.251 e. The maximum absolute atomic E-state index is 12.1. The lowest BCUT2D eigenvalue weighted by Gasteiger charge is -2.08. The van der Waals surface area contributed by atoms with Crippen LogP contribution in [0.4, 0.5) is 5.82 Å². The van der Waals surface area contributed by atoms with Gasteiger partial charge in [-0.1, -0.05) is 24.6 Å². The van der Waals surface area contributed by atoms with Crippen molar-refractivity contribution in [2.24, 2.45) is 0 Å². The topological polar surface area (TPSA) is 66.9 Å². The van der Waals surface area contributed by atoms with E-state index in [9.17, 15) is 4.79 Å². The van der Waals surface area contributed by atoms with Crippen LogP contribution in [0.5, 0.6) is 0 Å². The van der Waals surface area contributed by atoms with Crippen molar-refractivity contribution in [3.8, 4) is 0 Å². The summed E-state index contributed by atoms with van der Waals surface area (Å²) in [5.74, 6) is 0.400. The Morgan fingerprint density at radius 2 is 2.19 bits per heavy atom. The zero-order chi connectivity index (χ0) is 15.1. The van der Waals surface area contributed by atoms with Gasteiger partial charge in [-0.05, 0) is 30.7 Å². The van der Waals surface area contributed by atoms with E-state index in [0.29, 0.717) is 23.1 Å². The van der Waals surface area contributed by atoms with Gasteiger partial charge in [-0.15, -0.1) is 0 Å². The van der Waals surface area contributed by atoms with E-state index in [0.717, 1.165) is 18.7 Å². The average Bonchev–Trinajstić information content (AvgIpc) is 2.51. The third-order valence-electron chi connectivity index (χ3n) is 2.77. The van der Waals surface area contributed by atoms with Gasteiger partial charge in [-0.25, -0.2) is 4.98 Å². The molecule has 0 fully saturated rings. The predicted molar refractivity (Wildman–Crippen MR) is 83.4 cm³/mol. The van der Waals surface area contributed by atoms with Crippen molar-refractivity contribution in [1.82, 2.24) is 15.3 Å². The van der Waals surface area contributed by atoms with Gasteiger partial charge in [0.2, 0.25) is 0 Å². The second kappa shape index (κ2) is 7.59. The van der Waals surface area contributed by atoms with Crippen LogP contribution < -0.4 is 10.6 Å². The van der Waals surface area contributed by atoms with Gasteiger partial charge in [0, 0.05) is 18.3 Å². The minimum Gasteiger partial charge on any atom is -0.370 e. The van der Waals surface area contributed by atoms with E-state index in [2.05, 4.69) is 27.5 Å². The maximum atomic E-state index is 12.1. The molecule has 0 aromatic carbocycles. The molecule has 21 heavy (non-hydrogen) atoms. The van der Waals surface area contributed by atoms with Gasteiger partial charge < -0.3 is 10.6 Å². The van der Waals surface area contributed by atoms with E-state index >= 15 is 0 Å². The lowest BCUT2D eigenvalue weighted by molar-refractivity contribution is 0.0950. The molecule has 0 aliphatic rings. The Hall–Kier alpha value is -2.14. The summed E-state index contributed by atoms with van der Waals surface area (Å²) < 4.78 is 0. The first kappa shape index (κ1) is 15.3. The number of nitrogens with one attached hydrogen (secondary N) is 2. The normalized spacial score (nSPS) is 10.2. The number of halogens is 1. The van der Waals surface area contributed by atoms with E-state index < -0.39 is 0 Å². The molecule has 0 spiro atoms. The van der Waals surface area contributed by atoms with Gasteiger partial charge in [0.05, 0.1) is 12.2 Å². The summed E-state index contributed by atoms with van der Waals surface area (Å²) in [6.45, 7) is 3.21. The number of amides is 1. The number of hydrogen-bond acceptors (Lipinski definition) is 4. The second-order valence-electron chi connectivity index (χ2n) is 4.49. The van der Waals surface area contributed by atoms with Crippen LogP contribution in [-0.4, -0.2) is 22.4 Å². The second-order valence-corrected chi connectivity index (χ2v) is 4.88. The van der Waals surface area contributed by atoms with Crippen molar-refractivity contribution in [2.45, 2.75) is 19.9 Å². The van der Waals surface area contributed by atoms with Crippen molar-refractivity contribution in [1.29, 1.82) is 0 Å². The van der Waals surface area contributed by atoms with Gasteiger partial charge in [0.15, 0.2) is 0 Å². The molecule has 110 valence electrons. The molecule has 0 aliphatic carbocycles. The van der Waals surface area contributed by atoms with Gasteiger partial charge >= 0.3 is 0 Å². The molecule has 6 heteroatoms. The first-order chi connectivity index (χ1) is 10.2. The summed E-state index contributed by atoms with van der Waals surface area (Å²) in [6.07, 6.45) is 2.66. The number of pyridine rings is 2. The summed E-state index contributed by atoms with van der Waals surface area (Å²) in [5.41, 5.74) is 1.28. The fourth-order valence-corrected chi connectivity index (χ4v) is 1.96. The molecular formula is C15H17ClN4O. The quantitative estimate of drug-likeness (QED) is 0.805. The van der Waals surface area contributed by atoms with E-state index in [1.165, 1.54) is 0 Å². The van der Waals surface area contributed by atoms with Gasteiger partial charge in [0.1, 0.15) is 11.0 Å². The number of hydrogen-bond donors (Lipinski definition) is 2. The number of carbonyl (C=O) groups excluding carboxylic acids is 1. The molecule has 0 saturated heterocycles. The Morgan fingerprint density at radius 3 is 2.90 bits per heavy atom.